The number of allylic oxidation sites excluding steroid dienone is 1. The molecule has 4 aliphatic heterocycles. The summed E-state index contributed by atoms with van der Waals surface area (Å²) in [5.74, 6) is 1.21. The van der Waals surface area contributed by atoms with Crippen LogP contribution in [0.2, 0.25) is 0 Å². The van der Waals surface area contributed by atoms with Crippen LogP contribution in [0.25, 0.3) is 0 Å². The number of hydrogen-bond donors (Lipinski definition) is 0. The summed E-state index contributed by atoms with van der Waals surface area (Å²) in [6.07, 6.45) is 8.94. The normalized spacial score (nSPS) is 48.7. The molecule has 4 nitrogen and oxygen atoms in total. The second-order valence-corrected chi connectivity index (χ2v) is 6.93. The maximum Gasteiger partial charge on any atom is 0.159 e. The Morgan fingerprint density at radius 2 is 2.21 bits per heavy atom. The van der Waals surface area contributed by atoms with Crippen molar-refractivity contribution in [1.29, 1.82) is 0 Å². The van der Waals surface area contributed by atoms with E-state index in [0.717, 1.165) is 32.5 Å². The molecule has 0 N–H and O–H groups in total. The summed E-state index contributed by atoms with van der Waals surface area (Å²) in [6.45, 7) is 2.56. The average Bonchev–Trinajstić information content (AvgIpc) is 2.39. The molecule has 19 heavy (non-hydrogen) atoms. The number of piperidine rings is 3. The van der Waals surface area contributed by atoms with E-state index in [1.54, 1.807) is 6.08 Å². The van der Waals surface area contributed by atoms with Crippen LogP contribution >= 0.6 is 0 Å². The first kappa shape index (κ1) is 11.9. The van der Waals surface area contributed by atoms with Crippen molar-refractivity contribution in [3.8, 4) is 0 Å². The third-order valence-corrected chi connectivity index (χ3v) is 5.86. The number of carbonyl (C=O) groups excluding carboxylic acids is 1. The van der Waals surface area contributed by atoms with E-state index in [-0.39, 0.29) is 10.4 Å². The van der Waals surface area contributed by atoms with Gasteiger partial charge in [0.05, 0.1) is 19.1 Å². The summed E-state index contributed by atoms with van der Waals surface area (Å²) >= 11 is 0. The molecule has 0 aromatic rings. The molecule has 104 valence electrons. The minimum Gasteiger partial charge on any atom is -0.633 e. The monoisotopic (exact) mass is 262 g/mol. The molecule has 1 unspecified atom stereocenters. The van der Waals surface area contributed by atoms with Crippen LogP contribution in [0.4, 0.5) is 0 Å². The molecule has 0 aromatic heterocycles. The lowest BCUT2D eigenvalue weighted by Gasteiger charge is -2.63. The summed E-state index contributed by atoms with van der Waals surface area (Å²) in [7, 11) is 0. The highest BCUT2D eigenvalue weighted by Crippen LogP contribution is 2.45. The summed E-state index contributed by atoms with van der Waals surface area (Å²) in [5.41, 5.74) is 0. The largest absolute Gasteiger partial charge is 0.633 e. The quantitative estimate of drug-likeness (QED) is 0.492. The molecule has 4 heteroatoms. The zero-order chi connectivity index (χ0) is 13.0. The average molecular weight is 262 g/mol. The zero-order valence-corrected chi connectivity index (χ0v) is 11.3. The van der Waals surface area contributed by atoms with E-state index in [9.17, 15) is 10.0 Å². The lowest BCUT2D eigenvalue weighted by Crippen LogP contribution is -2.68. The Bertz CT molecular complexity index is 436. The summed E-state index contributed by atoms with van der Waals surface area (Å²) in [5, 5.41) is 13.1. The van der Waals surface area contributed by atoms with Gasteiger partial charge in [-0.15, -0.1) is 0 Å². The van der Waals surface area contributed by atoms with E-state index in [4.69, 9.17) is 0 Å². The van der Waals surface area contributed by atoms with Crippen molar-refractivity contribution in [3.05, 3.63) is 17.5 Å². The molecule has 5 atom stereocenters. The van der Waals surface area contributed by atoms with Crippen molar-refractivity contribution in [2.45, 2.75) is 44.2 Å². The van der Waals surface area contributed by atoms with Gasteiger partial charge in [-0.25, -0.2) is 0 Å². The predicted molar refractivity (Wildman–Crippen MR) is 71.9 cm³/mol. The molecule has 4 rings (SSSR count). The molecule has 0 aliphatic carbocycles. The highest BCUT2D eigenvalue weighted by molar-refractivity contribution is 5.90. The van der Waals surface area contributed by atoms with Crippen molar-refractivity contribution < 1.29 is 9.44 Å². The molecule has 0 radical (unpaired) electrons. The fourth-order valence-corrected chi connectivity index (χ4v) is 5.06. The first-order valence-corrected chi connectivity index (χ1v) is 7.70. The van der Waals surface area contributed by atoms with E-state index in [0.29, 0.717) is 30.3 Å². The van der Waals surface area contributed by atoms with E-state index in [1.165, 1.54) is 12.8 Å². The molecule has 2 bridgehead atoms. The molecule has 0 amide bonds. The second kappa shape index (κ2) is 4.06. The number of quaternary nitrogens is 1. The summed E-state index contributed by atoms with van der Waals surface area (Å²) in [4.78, 5) is 14.0. The molecule has 3 fully saturated rings. The molecular weight excluding hydrogens is 240 g/mol. The van der Waals surface area contributed by atoms with Crippen LogP contribution in [0.15, 0.2) is 12.3 Å². The topological polar surface area (TPSA) is 43.4 Å². The Balaban J connectivity index is 1.65. The van der Waals surface area contributed by atoms with Crippen LogP contribution in [0, 0.1) is 17.0 Å². The zero-order valence-electron chi connectivity index (χ0n) is 11.3. The van der Waals surface area contributed by atoms with Crippen LogP contribution in [0.3, 0.4) is 0 Å². The van der Waals surface area contributed by atoms with Crippen molar-refractivity contribution >= 4 is 5.78 Å². The van der Waals surface area contributed by atoms with Crippen LogP contribution in [-0.2, 0) is 4.79 Å². The van der Waals surface area contributed by atoms with Gasteiger partial charge in [0.2, 0.25) is 0 Å². The molecular formula is C15H22N2O2. The van der Waals surface area contributed by atoms with Gasteiger partial charge in [-0.1, -0.05) is 0 Å². The summed E-state index contributed by atoms with van der Waals surface area (Å²) < 4.78 is 0.0532. The smallest absolute Gasteiger partial charge is 0.159 e. The number of rotatable bonds is 0. The van der Waals surface area contributed by atoms with E-state index in [1.807, 2.05) is 6.20 Å². The highest BCUT2D eigenvalue weighted by atomic mass is 16.5. The molecule has 0 spiro atoms. The standard InChI is InChI=1S/C15H22N2O2/c18-13-4-5-16-9-11-7-12(14(16)8-13)10-17(19)6-2-1-3-15(11)17/h4-5,11-12,14-15H,1-3,6-10H2/t11-,12-,14+,15-,17?/m0/s1. The maximum atomic E-state index is 13.1. The van der Waals surface area contributed by atoms with Crippen molar-refractivity contribution in [2.24, 2.45) is 11.8 Å². The third kappa shape index (κ3) is 1.77. The van der Waals surface area contributed by atoms with Gasteiger partial charge in [0.1, 0.15) is 0 Å². The Hall–Kier alpha value is -0.870. The molecule has 4 heterocycles. The Morgan fingerprint density at radius 3 is 3.11 bits per heavy atom. The van der Waals surface area contributed by atoms with Gasteiger partial charge < -0.3 is 14.8 Å². The van der Waals surface area contributed by atoms with Gasteiger partial charge in [0.25, 0.3) is 0 Å². The Labute approximate surface area is 114 Å². The Kier molecular flexibility index (Phi) is 2.55. The third-order valence-electron chi connectivity index (χ3n) is 5.86. The van der Waals surface area contributed by atoms with Crippen LogP contribution in [0.1, 0.15) is 32.1 Å². The molecule has 0 saturated carbocycles. The highest BCUT2D eigenvalue weighted by Gasteiger charge is 2.51. The Morgan fingerprint density at radius 1 is 1.32 bits per heavy atom. The van der Waals surface area contributed by atoms with Crippen molar-refractivity contribution in [3.63, 3.8) is 0 Å². The first-order chi connectivity index (χ1) is 9.16. The van der Waals surface area contributed by atoms with Crippen molar-refractivity contribution in [1.82, 2.24) is 4.90 Å². The van der Waals surface area contributed by atoms with Gasteiger partial charge in [-0.3, -0.25) is 4.79 Å². The van der Waals surface area contributed by atoms with Crippen LogP contribution in [0.5, 0.6) is 0 Å². The molecule has 3 saturated heterocycles. The number of fused-ring (bicyclic) bond motifs is 6. The number of nitrogens with zero attached hydrogens (tertiary/aromatic N) is 2. The van der Waals surface area contributed by atoms with E-state index >= 15 is 0 Å². The van der Waals surface area contributed by atoms with Gasteiger partial charge in [0.15, 0.2) is 5.78 Å². The van der Waals surface area contributed by atoms with Gasteiger partial charge >= 0.3 is 0 Å². The van der Waals surface area contributed by atoms with Crippen molar-refractivity contribution in [2.75, 3.05) is 19.6 Å². The van der Waals surface area contributed by atoms with E-state index in [2.05, 4.69) is 4.90 Å². The fraction of sp³-hybridized carbons (Fsp3) is 0.800. The second-order valence-electron chi connectivity index (χ2n) is 6.93. The van der Waals surface area contributed by atoms with Crippen LogP contribution in [-0.4, -0.2) is 47.0 Å². The minimum atomic E-state index is 0.0532. The SMILES string of the molecule is O=C1C=CN2C[C@@H]3C[C@@H](C[N+]4([O-])CCCC[C@@H]34)[C@H]2C1. The fourth-order valence-electron chi connectivity index (χ4n) is 5.06. The lowest BCUT2D eigenvalue weighted by atomic mass is 9.71. The van der Waals surface area contributed by atoms with Gasteiger partial charge in [-0.05, 0) is 25.3 Å². The van der Waals surface area contributed by atoms with Gasteiger partial charge in [0, 0.05) is 43.5 Å². The van der Waals surface area contributed by atoms with Crippen LogP contribution < -0.4 is 0 Å². The lowest BCUT2D eigenvalue weighted by molar-refractivity contribution is -0.925. The summed E-state index contributed by atoms with van der Waals surface area (Å²) in [6, 6.07) is 0.637. The number of carbonyl (C=O) groups is 1. The van der Waals surface area contributed by atoms with E-state index < -0.39 is 0 Å². The maximum absolute atomic E-state index is 13.1. The molecule has 0 aromatic carbocycles. The predicted octanol–water partition coefficient (Wildman–Crippen LogP) is 1.66. The van der Waals surface area contributed by atoms with Gasteiger partial charge in [-0.2, -0.15) is 0 Å². The number of hydrogen-bond acceptors (Lipinski definition) is 3. The number of hydroxylamine groups is 3. The minimum absolute atomic E-state index is 0.0532. The number of ketones is 1. The first-order valence-electron chi connectivity index (χ1n) is 7.70. The molecule has 4 aliphatic rings.